The largest absolute Gasteiger partial charge is 0.465 e. The molecule has 0 radical (unpaired) electrons. The van der Waals surface area contributed by atoms with Crippen LogP contribution in [-0.2, 0) is 9.53 Å². The van der Waals surface area contributed by atoms with Crippen LogP contribution in [0.3, 0.4) is 0 Å². The molecule has 0 bridgehead atoms. The fourth-order valence-corrected chi connectivity index (χ4v) is 4.08. The zero-order valence-electron chi connectivity index (χ0n) is 20.6. The van der Waals surface area contributed by atoms with Crippen LogP contribution in [0.25, 0.3) is 0 Å². The Labute approximate surface area is 184 Å². The molecule has 2 atom stereocenters. The highest BCUT2D eigenvalue weighted by Crippen LogP contribution is 2.20. The summed E-state index contributed by atoms with van der Waals surface area (Å²) in [6, 6.07) is 0. The van der Waals surface area contributed by atoms with E-state index in [0.29, 0.717) is 12.5 Å². The van der Waals surface area contributed by atoms with E-state index in [1.165, 1.54) is 116 Å². The van der Waals surface area contributed by atoms with Crippen LogP contribution in [-0.4, -0.2) is 12.6 Å². The fraction of sp³-hybridized carbons (Fsp3) is 0.963. The van der Waals surface area contributed by atoms with E-state index in [4.69, 9.17) is 4.74 Å². The summed E-state index contributed by atoms with van der Waals surface area (Å²) in [6.07, 6.45) is 24.5. The number of carbonyl (C=O) groups is 1. The van der Waals surface area contributed by atoms with E-state index in [2.05, 4.69) is 27.7 Å². The summed E-state index contributed by atoms with van der Waals surface area (Å²) in [6.45, 7) is 9.49. The van der Waals surface area contributed by atoms with Crippen molar-refractivity contribution in [3.63, 3.8) is 0 Å². The molecule has 0 aromatic heterocycles. The minimum atomic E-state index is 0.0411. The van der Waals surface area contributed by atoms with Gasteiger partial charge in [0.25, 0.3) is 0 Å². The maximum Gasteiger partial charge on any atom is 0.308 e. The molecule has 0 saturated heterocycles. The molecule has 0 saturated carbocycles. The predicted octanol–water partition coefficient (Wildman–Crippen LogP) is 9.25. The average Bonchev–Trinajstić information content (AvgIpc) is 2.72. The molecule has 174 valence electrons. The Morgan fingerprint density at radius 1 is 0.586 bits per heavy atom. The number of hydrogen-bond donors (Lipinski definition) is 0. The number of hydrogen-bond acceptors (Lipinski definition) is 2. The smallest absolute Gasteiger partial charge is 0.308 e. The molecule has 0 aliphatic carbocycles. The molecule has 0 aliphatic rings. The van der Waals surface area contributed by atoms with Crippen LogP contribution in [0.2, 0.25) is 0 Å². The highest BCUT2D eigenvalue weighted by Gasteiger charge is 2.17. The van der Waals surface area contributed by atoms with Gasteiger partial charge in [0.1, 0.15) is 0 Å². The number of ether oxygens (including phenoxy) is 1. The molecule has 0 aliphatic heterocycles. The lowest BCUT2D eigenvalue weighted by Crippen LogP contribution is -2.19. The molecular formula is C27H54O2. The van der Waals surface area contributed by atoms with Crippen LogP contribution >= 0.6 is 0 Å². The quantitative estimate of drug-likeness (QED) is 0.131. The monoisotopic (exact) mass is 410 g/mol. The van der Waals surface area contributed by atoms with Crippen LogP contribution in [0.15, 0.2) is 0 Å². The lowest BCUT2D eigenvalue weighted by molar-refractivity contribution is -0.149. The van der Waals surface area contributed by atoms with Crippen LogP contribution < -0.4 is 0 Å². The number of rotatable bonds is 22. The van der Waals surface area contributed by atoms with Crippen LogP contribution in [0.4, 0.5) is 0 Å². The molecule has 29 heavy (non-hydrogen) atoms. The maximum atomic E-state index is 12.4. The first-order valence-corrected chi connectivity index (χ1v) is 13.3. The Hall–Kier alpha value is -0.530. The topological polar surface area (TPSA) is 26.3 Å². The van der Waals surface area contributed by atoms with Crippen molar-refractivity contribution in [3.8, 4) is 0 Å². The van der Waals surface area contributed by atoms with Gasteiger partial charge in [-0.3, -0.25) is 4.79 Å². The van der Waals surface area contributed by atoms with Gasteiger partial charge in [-0.05, 0) is 25.2 Å². The fourth-order valence-electron chi connectivity index (χ4n) is 4.08. The molecular weight excluding hydrogens is 356 g/mol. The summed E-state index contributed by atoms with van der Waals surface area (Å²) in [4.78, 5) is 12.4. The minimum Gasteiger partial charge on any atom is -0.465 e. The lowest BCUT2D eigenvalue weighted by atomic mass is 9.95. The molecule has 2 unspecified atom stereocenters. The molecule has 0 aromatic carbocycles. The average molecular weight is 411 g/mol. The van der Waals surface area contributed by atoms with Gasteiger partial charge < -0.3 is 4.74 Å². The zero-order chi connectivity index (χ0) is 21.6. The molecule has 0 amide bonds. The summed E-state index contributed by atoms with van der Waals surface area (Å²) in [5.74, 6) is 0.679. The Bertz CT molecular complexity index is 339. The molecule has 0 spiro atoms. The van der Waals surface area contributed by atoms with Gasteiger partial charge in [0.05, 0.1) is 12.5 Å². The Morgan fingerprint density at radius 3 is 1.48 bits per heavy atom. The second kappa shape index (κ2) is 22.2. The number of esters is 1. The Kier molecular flexibility index (Phi) is 21.8. The van der Waals surface area contributed by atoms with E-state index in [1.54, 1.807) is 0 Å². The molecule has 0 N–H and O–H groups in total. The number of carbonyl (C=O) groups excluding carboxylic acids is 1. The molecule has 2 nitrogen and oxygen atoms in total. The van der Waals surface area contributed by atoms with Crippen LogP contribution in [0.5, 0.6) is 0 Å². The normalized spacial score (nSPS) is 13.4. The van der Waals surface area contributed by atoms with Crippen molar-refractivity contribution in [2.24, 2.45) is 11.8 Å². The van der Waals surface area contributed by atoms with Gasteiger partial charge in [0, 0.05) is 0 Å². The van der Waals surface area contributed by atoms with Gasteiger partial charge in [-0.1, -0.05) is 130 Å². The first-order chi connectivity index (χ1) is 14.2. The van der Waals surface area contributed by atoms with E-state index < -0.39 is 0 Å². The summed E-state index contributed by atoms with van der Waals surface area (Å²) in [5, 5.41) is 0. The lowest BCUT2D eigenvalue weighted by Gasteiger charge is -2.19. The second-order valence-corrected chi connectivity index (χ2v) is 9.36. The first-order valence-electron chi connectivity index (χ1n) is 13.3. The highest BCUT2D eigenvalue weighted by atomic mass is 16.5. The predicted molar refractivity (Wildman–Crippen MR) is 128 cm³/mol. The van der Waals surface area contributed by atoms with Gasteiger partial charge in [-0.2, -0.15) is 0 Å². The van der Waals surface area contributed by atoms with Crippen LogP contribution in [0, 0.1) is 11.8 Å². The van der Waals surface area contributed by atoms with Crippen molar-refractivity contribution >= 4 is 5.97 Å². The summed E-state index contributed by atoms with van der Waals surface area (Å²) in [5.41, 5.74) is 0. The van der Waals surface area contributed by atoms with E-state index in [9.17, 15) is 4.79 Å². The van der Waals surface area contributed by atoms with Crippen molar-refractivity contribution in [2.75, 3.05) is 6.61 Å². The molecule has 0 heterocycles. The Balaban J connectivity index is 3.93. The molecule has 0 aromatic rings. The van der Waals surface area contributed by atoms with Gasteiger partial charge in [-0.15, -0.1) is 0 Å². The SMILES string of the molecule is CCCCCCCCCCC(C)C(=O)OCC(CCCCC)CCCCCCC. The summed E-state index contributed by atoms with van der Waals surface area (Å²) < 4.78 is 5.76. The standard InChI is InChI=1S/C27H54O2/c1-5-8-11-13-14-15-17-19-21-25(4)27(28)29-24-26(22-18-10-7-3)23-20-16-12-9-6-2/h25-26H,5-24H2,1-4H3. The van der Waals surface area contributed by atoms with Gasteiger partial charge >= 0.3 is 5.97 Å². The van der Waals surface area contributed by atoms with E-state index in [0.717, 1.165) is 6.42 Å². The van der Waals surface area contributed by atoms with Crippen molar-refractivity contribution < 1.29 is 9.53 Å². The summed E-state index contributed by atoms with van der Waals surface area (Å²) in [7, 11) is 0. The van der Waals surface area contributed by atoms with Crippen molar-refractivity contribution in [2.45, 2.75) is 150 Å². The van der Waals surface area contributed by atoms with Gasteiger partial charge in [0.2, 0.25) is 0 Å². The van der Waals surface area contributed by atoms with Crippen molar-refractivity contribution in [1.82, 2.24) is 0 Å². The third kappa shape index (κ3) is 19.2. The number of unbranched alkanes of at least 4 members (excludes halogenated alkanes) is 13. The van der Waals surface area contributed by atoms with Crippen molar-refractivity contribution in [1.29, 1.82) is 0 Å². The Morgan fingerprint density at radius 2 is 0.966 bits per heavy atom. The van der Waals surface area contributed by atoms with Gasteiger partial charge in [-0.25, -0.2) is 0 Å². The summed E-state index contributed by atoms with van der Waals surface area (Å²) >= 11 is 0. The van der Waals surface area contributed by atoms with Crippen molar-refractivity contribution in [3.05, 3.63) is 0 Å². The van der Waals surface area contributed by atoms with E-state index in [1.807, 2.05) is 0 Å². The third-order valence-corrected chi connectivity index (χ3v) is 6.29. The zero-order valence-corrected chi connectivity index (χ0v) is 20.6. The molecule has 0 fully saturated rings. The van der Waals surface area contributed by atoms with E-state index in [-0.39, 0.29) is 11.9 Å². The first kappa shape index (κ1) is 28.5. The van der Waals surface area contributed by atoms with Gasteiger partial charge in [0.15, 0.2) is 0 Å². The highest BCUT2D eigenvalue weighted by molar-refractivity contribution is 5.71. The third-order valence-electron chi connectivity index (χ3n) is 6.29. The van der Waals surface area contributed by atoms with Crippen LogP contribution in [0.1, 0.15) is 150 Å². The molecule has 0 rings (SSSR count). The maximum absolute atomic E-state index is 12.4. The second-order valence-electron chi connectivity index (χ2n) is 9.36. The minimum absolute atomic E-state index is 0.0411. The van der Waals surface area contributed by atoms with E-state index >= 15 is 0 Å². The molecule has 2 heteroatoms.